The summed E-state index contributed by atoms with van der Waals surface area (Å²) in [6.07, 6.45) is 3.39. The molecule has 2 aromatic rings. The van der Waals surface area contributed by atoms with Crippen LogP contribution in [0.3, 0.4) is 0 Å². The van der Waals surface area contributed by atoms with E-state index in [0.29, 0.717) is 25.2 Å². The fraction of sp³-hybridized carbons (Fsp3) is 0.400. The molecule has 3 nitrogen and oxygen atoms in total. The summed E-state index contributed by atoms with van der Waals surface area (Å²) in [6.45, 7) is 7.32. The smallest absolute Gasteiger partial charge is 0.303 e. The third kappa shape index (κ3) is 5.13. The van der Waals surface area contributed by atoms with E-state index < -0.39 is 5.97 Å². The highest BCUT2D eigenvalue weighted by Gasteiger charge is 2.16. The molecule has 3 rings (SSSR count). The first-order valence-electron chi connectivity index (χ1n) is 10.2. The van der Waals surface area contributed by atoms with Gasteiger partial charge in [-0.1, -0.05) is 18.2 Å². The Morgan fingerprint density at radius 2 is 1.72 bits per heavy atom. The summed E-state index contributed by atoms with van der Waals surface area (Å²) in [4.78, 5) is 10.9. The topological polar surface area (TPSA) is 46.5 Å². The molecule has 0 saturated carbocycles. The van der Waals surface area contributed by atoms with E-state index >= 15 is 0 Å². The molecule has 0 aliphatic carbocycles. The molecule has 2 aromatic carbocycles. The predicted molar refractivity (Wildman–Crippen MR) is 114 cm³/mol. The van der Waals surface area contributed by atoms with Crippen molar-refractivity contribution in [3.05, 3.63) is 75.1 Å². The van der Waals surface area contributed by atoms with Crippen molar-refractivity contribution in [1.82, 2.24) is 0 Å². The molecular formula is C25H29FO3. The number of aliphatic carboxylic acids is 1. The first-order chi connectivity index (χ1) is 13.9. The fourth-order valence-corrected chi connectivity index (χ4v) is 4.04. The third-order valence-corrected chi connectivity index (χ3v) is 6.02. The maximum absolute atomic E-state index is 13.7. The van der Waals surface area contributed by atoms with Crippen LogP contribution in [0.15, 0.2) is 35.9 Å². The summed E-state index contributed by atoms with van der Waals surface area (Å²) in [5.41, 5.74) is 9.16. The van der Waals surface area contributed by atoms with Crippen LogP contribution in [0.5, 0.6) is 0 Å². The van der Waals surface area contributed by atoms with Crippen LogP contribution in [0.1, 0.15) is 52.6 Å². The average molecular weight is 397 g/mol. The fourth-order valence-electron chi connectivity index (χ4n) is 4.04. The van der Waals surface area contributed by atoms with Gasteiger partial charge in [-0.3, -0.25) is 4.79 Å². The number of carbonyl (C=O) groups is 1. The van der Waals surface area contributed by atoms with E-state index in [0.717, 1.165) is 30.4 Å². The minimum atomic E-state index is -0.765. The molecule has 0 unspecified atom stereocenters. The second-order valence-electron chi connectivity index (χ2n) is 7.88. The van der Waals surface area contributed by atoms with E-state index in [9.17, 15) is 9.18 Å². The van der Waals surface area contributed by atoms with Gasteiger partial charge in [0, 0.05) is 6.42 Å². The number of hydrogen-bond donors (Lipinski definition) is 1. The number of ether oxygens (including phenoxy) is 1. The van der Waals surface area contributed by atoms with E-state index in [4.69, 9.17) is 9.84 Å². The lowest BCUT2D eigenvalue weighted by Gasteiger charge is -2.22. The van der Waals surface area contributed by atoms with Crippen molar-refractivity contribution < 1.29 is 19.0 Å². The molecule has 0 spiro atoms. The number of halogens is 1. The van der Waals surface area contributed by atoms with Gasteiger partial charge < -0.3 is 9.84 Å². The van der Waals surface area contributed by atoms with Crippen LogP contribution < -0.4 is 0 Å². The molecule has 154 valence electrons. The Morgan fingerprint density at radius 1 is 1.03 bits per heavy atom. The highest BCUT2D eigenvalue weighted by atomic mass is 19.1. The molecule has 1 aliphatic heterocycles. The number of aryl methyl sites for hydroxylation is 3. The van der Waals surface area contributed by atoms with Gasteiger partial charge in [0.1, 0.15) is 5.82 Å². The van der Waals surface area contributed by atoms with Crippen molar-refractivity contribution in [1.29, 1.82) is 0 Å². The van der Waals surface area contributed by atoms with Crippen LogP contribution in [0, 0.1) is 26.6 Å². The van der Waals surface area contributed by atoms with E-state index in [1.165, 1.54) is 27.8 Å². The minimum absolute atomic E-state index is 0.157. The summed E-state index contributed by atoms with van der Waals surface area (Å²) < 4.78 is 19.4. The number of benzene rings is 2. The van der Waals surface area contributed by atoms with Gasteiger partial charge in [0.05, 0.1) is 13.2 Å². The van der Waals surface area contributed by atoms with E-state index in [-0.39, 0.29) is 12.2 Å². The molecule has 0 fully saturated rings. The Labute approximate surface area is 172 Å². The van der Waals surface area contributed by atoms with Gasteiger partial charge in [0.15, 0.2) is 0 Å². The molecule has 0 amide bonds. The van der Waals surface area contributed by atoms with Crippen molar-refractivity contribution in [2.75, 3.05) is 13.2 Å². The molecule has 0 saturated heterocycles. The first kappa shape index (κ1) is 21.3. The molecule has 0 radical (unpaired) electrons. The molecular weight excluding hydrogens is 367 g/mol. The Hall–Kier alpha value is -2.46. The largest absolute Gasteiger partial charge is 0.481 e. The number of rotatable bonds is 7. The van der Waals surface area contributed by atoms with Gasteiger partial charge in [0.25, 0.3) is 0 Å². The maximum atomic E-state index is 13.7. The molecule has 0 aromatic heterocycles. The highest BCUT2D eigenvalue weighted by molar-refractivity contribution is 5.70. The minimum Gasteiger partial charge on any atom is -0.481 e. The lowest BCUT2D eigenvalue weighted by Crippen LogP contribution is -2.12. The Kier molecular flexibility index (Phi) is 6.86. The summed E-state index contributed by atoms with van der Waals surface area (Å²) in [7, 11) is 0. The maximum Gasteiger partial charge on any atom is 0.303 e. The molecule has 0 bridgehead atoms. The van der Waals surface area contributed by atoms with Crippen LogP contribution in [0.25, 0.3) is 5.57 Å². The normalized spacial score (nSPS) is 14.3. The van der Waals surface area contributed by atoms with Gasteiger partial charge in [0.2, 0.25) is 0 Å². The number of carboxylic acids is 1. The third-order valence-electron chi connectivity index (χ3n) is 6.02. The van der Waals surface area contributed by atoms with Crippen molar-refractivity contribution in [2.24, 2.45) is 0 Å². The van der Waals surface area contributed by atoms with Gasteiger partial charge >= 0.3 is 5.97 Å². The van der Waals surface area contributed by atoms with E-state index in [2.05, 4.69) is 26.0 Å². The summed E-state index contributed by atoms with van der Waals surface area (Å²) >= 11 is 0. The van der Waals surface area contributed by atoms with Gasteiger partial charge in [-0.25, -0.2) is 4.39 Å². The van der Waals surface area contributed by atoms with Crippen molar-refractivity contribution in [3.8, 4) is 0 Å². The molecule has 4 heteroatoms. The number of hydrogen-bond acceptors (Lipinski definition) is 2. The molecule has 1 heterocycles. The first-order valence-corrected chi connectivity index (χ1v) is 10.2. The summed E-state index contributed by atoms with van der Waals surface area (Å²) in [5, 5.41) is 8.93. The van der Waals surface area contributed by atoms with Gasteiger partial charge in [-0.15, -0.1) is 0 Å². The van der Waals surface area contributed by atoms with Gasteiger partial charge in [-0.05, 0) is 103 Å². The predicted octanol–water partition coefficient (Wildman–Crippen LogP) is 5.57. The zero-order valence-electron chi connectivity index (χ0n) is 17.5. The second-order valence-corrected chi connectivity index (χ2v) is 7.88. The Balaban J connectivity index is 1.79. The zero-order valence-corrected chi connectivity index (χ0v) is 17.5. The van der Waals surface area contributed by atoms with Crippen LogP contribution in [0.4, 0.5) is 4.39 Å². The molecule has 1 N–H and O–H groups in total. The van der Waals surface area contributed by atoms with E-state index in [1.807, 2.05) is 12.1 Å². The molecule has 29 heavy (non-hydrogen) atoms. The molecule has 0 atom stereocenters. The van der Waals surface area contributed by atoms with Crippen molar-refractivity contribution in [3.63, 3.8) is 0 Å². The molecule has 1 aliphatic rings. The highest BCUT2D eigenvalue weighted by Crippen LogP contribution is 2.31. The number of carboxylic acid groups (broad SMARTS) is 1. The lowest BCUT2D eigenvalue weighted by molar-refractivity contribution is -0.136. The Bertz CT molecular complexity index is 943. The monoisotopic (exact) mass is 396 g/mol. The van der Waals surface area contributed by atoms with Crippen LogP contribution in [-0.4, -0.2) is 24.3 Å². The SMILES string of the molecule is Cc1cc(C2=C(CCc3ccc(CCC(=O)O)c(C)c3C)COCC2)ccc1F. The van der Waals surface area contributed by atoms with Crippen LogP contribution in [0.2, 0.25) is 0 Å². The summed E-state index contributed by atoms with van der Waals surface area (Å²) in [5.74, 6) is -0.934. The average Bonchev–Trinajstić information content (AvgIpc) is 2.70. The van der Waals surface area contributed by atoms with E-state index in [1.54, 1.807) is 13.0 Å². The standard InChI is InChI=1S/C25H29FO3/c1-16-14-21(8-10-24(16)26)23-12-13-29-15-22(23)7-6-19-4-5-20(9-11-25(27)28)18(3)17(19)2/h4-5,8,10,14H,6-7,9,11-13,15H2,1-3H3,(H,27,28). The van der Waals surface area contributed by atoms with Crippen LogP contribution >= 0.6 is 0 Å². The summed E-state index contributed by atoms with van der Waals surface area (Å²) in [6, 6.07) is 9.55. The zero-order chi connectivity index (χ0) is 21.0. The van der Waals surface area contributed by atoms with Crippen molar-refractivity contribution in [2.45, 2.75) is 52.9 Å². The quantitative estimate of drug-likeness (QED) is 0.665. The Morgan fingerprint density at radius 3 is 2.38 bits per heavy atom. The lowest BCUT2D eigenvalue weighted by atomic mass is 9.89. The van der Waals surface area contributed by atoms with Gasteiger partial charge in [-0.2, -0.15) is 0 Å². The second kappa shape index (κ2) is 9.36. The van der Waals surface area contributed by atoms with Crippen molar-refractivity contribution >= 4 is 11.5 Å². The van der Waals surface area contributed by atoms with Crippen LogP contribution in [-0.2, 0) is 22.4 Å².